The second-order valence-corrected chi connectivity index (χ2v) is 15.9. The minimum absolute atomic E-state index is 0. The van der Waals surface area contributed by atoms with Gasteiger partial charge in [0.2, 0.25) is 41.4 Å². The molecule has 3 aliphatic heterocycles. The van der Waals surface area contributed by atoms with Crippen LogP contribution in [0, 0.1) is 5.92 Å². The average molecular weight is 943 g/mol. The summed E-state index contributed by atoms with van der Waals surface area (Å²) in [7, 11) is 0. The molecule has 3 fully saturated rings. The Labute approximate surface area is 390 Å². The molecule has 0 bridgehead atoms. The van der Waals surface area contributed by atoms with E-state index in [9.17, 15) is 79.7 Å². The Hall–Kier alpha value is -3.98. The van der Waals surface area contributed by atoms with Crippen LogP contribution in [0.3, 0.4) is 0 Å². The van der Waals surface area contributed by atoms with Crippen molar-refractivity contribution in [1.29, 1.82) is 0 Å². The van der Waals surface area contributed by atoms with Crippen LogP contribution < -0.4 is 71.7 Å². The fraction of sp³-hybridized carbons (Fsp3) is 0.629. The third-order valence-electron chi connectivity index (χ3n) is 10.7. The maximum atomic E-state index is 14.3. The van der Waals surface area contributed by atoms with Gasteiger partial charge in [-0.25, -0.2) is 0 Å². The van der Waals surface area contributed by atoms with Crippen LogP contribution in [-0.2, 0) is 42.9 Å². The number of fused-ring (bicyclic) bond motifs is 2. The van der Waals surface area contributed by atoms with E-state index in [4.69, 9.17) is 15.7 Å². The van der Waals surface area contributed by atoms with Gasteiger partial charge < -0.3 is 92.8 Å². The molecule has 14 unspecified atom stereocenters. The van der Waals surface area contributed by atoms with Crippen LogP contribution in [0.5, 0.6) is 11.5 Å². The van der Waals surface area contributed by atoms with Crippen molar-refractivity contribution in [2.24, 2.45) is 17.4 Å². The van der Waals surface area contributed by atoms with Gasteiger partial charge in [0.05, 0.1) is 43.0 Å². The number of aromatic hydroxyl groups is 1. The van der Waals surface area contributed by atoms with Gasteiger partial charge >= 0.3 is 29.6 Å². The van der Waals surface area contributed by atoms with Crippen LogP contribution in [0.2, 0.25) is 0 Å². The zero-order valence-electron chi connectivity index (χ0n) is 34.6. The first kappa shape index (κ1) is 54.4. The van der Waals surface area contributed by atoms with E-state index in [0.717, 1.165) is 34.9 Å². The van der Waals surface area contributed by atoms with Crippen molar-refractivity contribution in [2.45, 2.75) is 112 Å². The van der Waals surface area contributed by atoms with Gasteiger partial charge in [0.1, 0.15) is 42.4 Å². The first-order chi connectivity index (χ1) is 29.6. The fourth-order valence-electron chi connectivity index (χ4n) is 7.34. The topological polar surface area (TPSA) is 439 Å². The maximum Gasteiger partial charge on any atom is 1.00 e. The van der Waals surface area contributed by atoms with E-state index >= 15 is 0 Å². The first-order valence-corrected chi connectivity index (χ1v) is 20.0. The van der Waals surface area contributed by atoms with E-state index < -0.39 is 177 Å². The normalized spacial score (nSPS) is 30.8. The molecule has 0 radical (unpaired) electrons. The molecular formula is C35H51N8NaO19S. The molecule has 3 aliphatic rings. The summed E-state index contributed by atoms with van der Waals surface area (Å²) in [5.74, 6) is -10.6. The average Bonchev–Trinajstić information content (AvgIpc) is 3.76. The number of aliphatic hydroxyl groups excluding tert-OH is 7. The molecule has 3 heterocycles. The quantitative estimate of drug-likeness (QED) is 0.0322. The van der Waals surface area contributed by atoms with Crippen LogP contribution in [0.25, 0.3) is 0 Å². The molecule has 0 aromatic heterocycles. The number of hydrogen-bond donors (Lipinski definition) is 14. The van der Waals surface area contributed by atoms with Gasteiger partial charge in [0.15, 0.2) is 11.5 Å². The number of nitrogens with two attached hydrogens (primary N) is 2. The number of phenols is 1. The van der Waals surface area contributed by atoms with Crippen molar-refractivity contribution >= 4 is 53.7 Å². The van der Waals surface area contributed by atoms with Gasteiger partial charge in [-0.2, -0.15) is 0 Å². The largest absolute Gasteiger partial charge is 1.00 e. The van der Waals surface area contributed by atoms with Crippen LogP contribution in [0.1, 0.15) is 44.8 Å². The smallest absolute Gasteiger partial charge is 0.691 e. The third kappa shape index (κ3) is 13.3. The molecule has 29 heteroatoms. The Bertz CT molecular complexity index is 1860. The van der Waals surface area contributed by atoms with E-state index in [1.165, 1.54) is 6.92 Å². The van der Waals surface area contributed by atoms with Crippen LogP contribution in [0.4, 0.5) is 0 Å². The molecule has 0 aliphatic carbocycles. The summed E-state index contributed by atoms with van der Waals surface area (Å²) < 4.78 is 8.94. The number of carbonyl (C=O) groups is 7. The van der Waals surface area contributed by atoms with Gasteiger partial charge in [0.25, 0.3) is 12.3 Å². The Balaban J connectivity index is 0.0000109. The molecule has 0 spiro atoms. The second kappa shape index (κ2) is 24.0. The summed E-state index contributed by atoms with van der Waals surface area (Å²) >= 11 is -0.0737. The molecule has 14 atom stereocenters. The maximum absolute atomic E-state index is 14.3. The van der Waals surface area contributed by atoms with Crippen molar-refractivity contribution in [3.05, 3.63) is 23.8 Å². The number of β-amino-alcohol motifs (C(OH)–C–C–N with tert-alkyl or cyclic N) is 1. The summed E-state index contributed by atoms with van der Waals surface area (Å²) in [6, 6.07) is -8.69. The molecule has 64 heavy (non-hydrogen) atoms. The van der Waals surface area contributed by atoms with E-state index in [2.05, 4.69) is 30.6 Å². The number of phenolic OH excluding ortho intramolecular Hbond substituents is 1. The van der Waals surface area contributed by atoms with E-state index in [1.807, 2.05) is 0 Å². The third-order valence-corrected chi connectivity index (χ3v) is 11.0. The van der Waals surface area contributed by atoms with Crippen molar-refractivity contribution in [3.8, 4) is 11.5 Å². The van der Waals surface area contributed by atoms with Gasteiger partial charge in [-0.15, -0.1) is 4.33 Å². The number of nitrogens with zero attached hydrogens (tertiary/aromatic N) is 2. The van der Waals surface area contributed by atoms with Gasteiger partial charge in [-0.05, 0) is 31.0 Å². The number of amides is 7. The van der Waals surface area contributed by atoms with E-state index in [0.29, 0.717) is 0 Å². The summed E-state index contributed by atoms with van der Waals surface area (Å²) in [6.07, 6.45) is -15.2. The monoisotopic (exact) mass is 942 g/mol. The molecule has 3 saturated heterocycles. The molecule has 16 N–H and O–H groups in total. The zero-order chi connectivity index (χ0) is 47.0. The van der Waals surface area contributed by atoms with Crippen LogP contribution in [0.15, 0.2) is 18.2 Å². The molecule has 7 amide bonds. The fourth-order valence-corrected chi connectivity index (χ4v) is 7.59. The Morgan fingerprint density at radius 2 is 1.52 bits per heavy atom. The second-order valence-electron chi connectivity index (χ2n) is 15.4. The number of carbonyl (C=O) groups excluding carboxylic acids is 7. The van der Waals surface area contributed by atoms with Gasteiger partial charge in [-0.3, -0.25) is 38.6 Å². The molecular weight excluding hydrogens is 891 g/mol. The molecule has 1 aromatic carbocycles. The Morgan fingerprint density at radius 1 is 0.891 bits per heavy atom. The summed E-state index contributed by atoms with van der Waals surface area (Å²) in [6.45, 7) is 0.978. The van der Waals surface area contributed by atoms with Crippen LogP contribution in [-0.4, -0.2) is 185 Å². The summed E-state index contributed by atoms with van der Waals surface area (Å²) in [4.78, 5) is 96.9. The summed E-state index contributed by atoms with van der Waals surface area (Å²) in [5, 5.41) is 110. The number of nitrogens with one attached hydrogen (secondary N) is 4. The Morgan fingerprint density at radius 3 is 2.14 bits per heavy atom. The first-order valence-electron chi connectivity index (χ1n) is 19.3. The minimum Gasteiger partial charge on any atom is -0.691 e. The number of aliphatic hydroxyl groups is 7. The number of benzene rings is 1. The predicted octanol–water partition coefficient (Wildman–Crippen LogP) is -11.6. The van der Waals surface area contributed by atoms with Gasteiger partial charge in [-0.1, -0.05) is 13.0 Å². The van der Waals surface area contributed by atoms with E-state index in [1.54, 1.807) is 0 Å². The number of rotatable bonds is 11. The molecule has 0 saturated carbocycles. The zero-order valence-corrected chi connectivity index (χ0v) is 37.4. The van der Waals surface area contributed by atoms with Crippen molar-refractivity contribution in [2.75, 3.05) is 19.6 Å². The van der Waals surface area contributed by atoms with Crippen LogP contribution >= 0.6 is 12.3 Å². The summed E-state index contributed by atoms with van der Waals surface area (Å²) in [5.41, 5.74) is 10.9. The SMILES string of the molecule is CC(O)C1NC(=O)C(N)CC(O)CNC(=O)C2C(O)C(C)CN2C(=O)C(C(O)CC(N)=O)NC(=O)C(C(O)C(O)c2ccc(O)c(OSOO[O-])c2)NC(=O)C2CC(O)CN2C1=O.[Na+]. The predicted molar refractivity (Wildman–Crippen MR) is 205 cm³/mol. The van der Waals surface area contributed by atoms with Crippen molar-refractivity contribution in [3.63, 3.8) is 0 Å². The standard InChI is InChI=1S/C35H52N8O19S.Na/c1-12-10-43-26(27(12)50)33(56)38-9-15(45)6-17(36)30(53)39-23(13(2)44)34(57)42-11-16(46)7-18(42)31(54)41-25(32(55)40-24(35(43)58)20(48)8-22(37)49)29(52)28(51)14-3-4-19(47)21(5-14)60-63-62-61-59;/h3-5,12-13,15-18,20,23-29,44-48,50-52,59H,6-11,36H2,1-2H3,(H2,37,49)(H,38,56)(H,39,53)(H,40,55)(H,41,54);/q;+1/p-1. The van der Waals surface area contributed by atoms with Crippen molar-refractivity contribution in [1.82, 2.24) is 31.1 Å². The number of hydrogen-bond acceptors (Lipinski definition) is 21. The molecule has 27 nitrogen and oxygen atoms in total. The number of primary amides is 1. The molecule has 4 rings (SSSR count). The van der Waals surface area contributed by atoms with E-state index in [-0.39, 0.29) is 47.4 Å². The van der Waals surface area contributed by atoms with Crippen molar-refractivity contribution < 1.29 is 123 Å². The minimum atomic E-state index is -2.48. The Kier molecular flexibility index (Phi) is 20.4. The van der Waals surface area contributed by atoms with Gasteiger partial charge in [0, 0.05) is 32.0 Å². The molecule has 1 aromatic rings. The molecule has 352 valence electrons.